The van der Waals surface area contributed by atoms with E-state index in [4.69, 9.17) is 5.73 Å². The van der Waals surface area contributed by atoms with Crippen LogP contribution in [0.2, 0.25) is 0 Å². The Morgan fingerprint density at radius 2 is 1.78 bits per heavy atom. The molecule has 0 heterocycles. The second-order valence-corrected chi connectivity index (χ2v) is 5.35. The van der Waals surface area contributed by atoms with Crippen LogP contribution in [-0.2, 0) is 6.54 Å². The summed E-state index contributed by atoms with van der Waals surface area (Å²) in [7, 11) is 2.07. The first kappa shape index (κ1) is 13.0. The van der Waals surface area contributed by atoms with Crippen LogP contribution in [0.3, 0.4) is 0 Å². The van der Waals surface area contributed by atoms with Gasteiger partial charge in [-0.1, -0.05) is 39.7 Å². The summed E-state index contributed by atoms with van der Waals surface area (Å²) in [6.45, 7) is 2.88. The topological polar surface area (TPSA) is 29.3 Å². The summed E-state index contributed by atoms with van der Waals surface area (Å²) in [6, 6.07) is 14.4. The van der Waals surface area contributed by atoms with Crippen LogP contribution in [0.1, 0.15) is 11.1 Å². The second-order valence-electron chi connectivity index (χ2n) is 4.50. The standard InChI is InChI=1S/C15H17BrN2/c1-11-6-8-12(9-7-11)18(2)10-13-14(16)4-3-5-15(13)17/h3-9H,10,17H2,1-2H3. The molecule has 0 amide bonds. The van der Waals surface area contributed by atoms with Gasteiger partial charge in [-0.15, -0.1) is 0 Å². The van der Waals surface area contributed by atoms with E-state index < -0.39 is 0 Å². The Balaban J connectivity index is 2.21. The Hall–Kier alpha value is -1.48. The highest BCUT2D eigenvalue weighted by atomic mass is 79.9. The maximum atomic E-state index is 6.02. The molecule has 0 bridgehead atoms. The van der Waals surface area contributed by atoms with Gasteiger partial charge in [0.1, 0.15) is 0 Å². The van der Waals surface area contributed by atoms with E-state index in [2.05, 4.69) is 59.1 Å². The molecule has 0 radical (unpaired) electrons. The van der Waals surface area contributed by atoms with E-state index in [0.717, 1.165) is 22.3 Å². The van der Waals surface area contributed by atoms with Crippen molar-refractivity contribution in [3.05, 3.63) is 58.1 Å². The van der Waals surface area contributed by atoms with Gasteiger partial charge in [-0.25, -0.2) is 0 Å². The highest BCUT2D eigenvalue weighted by molar-refractivity contribution is 9.10. The van der Waals surface area contributed by atoms with Crippen LogP contribution in [0.5, 0.6) is 0 Å². The van der Waals surface area contributed by atoms with Crippen molar-refractivity contribution in [1.82, 2.24) is 0 Å². The number of hydrogen-bond donors (Lipinski definition) is 1. The molecule has 0 aromatic heterocycles. The third kappa shape index (κ3) is 2.85. The molecule has 0 spiro atoms. The number of nitrogen functional groups attached to an aromatic ring is 1. The van der Waals surface area contributed by atoms with E-state index in [9.17, 15) is 0 Å². The maximum absolute atomic E-state index is 6.02. The van der Waals surface area contributed by atoms with Gasteiger partial charge in [-0.2, -0.15) is 0 Å². The zero-order chi connectivity index (χ0) is 13.1. The fourth-order valence-electron chi connectivity index (χ4n) is 1.87. The molecule has 2 nitrogen and oxygen atoms in total. The lowest BCUT2D eigenvalue weighted by Crippen LogP contribution is -2.17. The summed E-state index contributed by atoms with van der Waals surface area (Å²) in [5.41, 5.74) is 10.4. The minimum atomic E-state index is 0.788. The van der Waals surface area contributed by atoms with Gasteiger partial charge in [0.2, 0.25) is 0 Å². The second kappa shape index (κ2) is 5.44. The van der Waals surface area contributed by atoms with Gasteiger partial charge in [0.25, 0.3) is 0 Å². The molecule has 0 saturated heterocycles. The number of halogens is 1. The summed E-state index contributed by atoms with van der Waals surface area (Å²) in [5.74, 6) is 0. The highest BCUT2D eigenvalue weighted by Gasteiger charge is 2.08. The van der Waals surface area contributed by atoms with Gasteiger partial charge < -0.3 is 10.6 Å². The molecule has 0 aliphatic carbocycles. The van der Waals surface area contributed by atoms with Gasteiger partial charge in [-0.3, -0.25) is 0 Å². The normalized spacial score (nSPS) is 10.4. The van der Waals surface area contributed by atoms with Gasteiger partial charge in [0, 0.05) is 35.0 Å². The average Bonchev–Trinajstić information content (AvgIpc) is 2.34. The molecular formula is C15H17BrN2. The molecule has 2 aromatic rings. The molecule has 0 saturated carbocycles. The van der Waals surface area contributed by atoms with Crippen molar-refractivity contribution in [2.75, 3.05) is 17.7 Å². The van der Waals surface area contributed by atoms with E-state index in [1.54, 1.807) is 0 Å². The summed E-state index contributed by atoms with van der Waals surface area (Å²) >= 11 is 3.55. The Bertz CT molecular complexity index is 514. The van der Waals surface area contributed by atoms with E-state index in [-0.39, 0.29) is 0 Å². The van der Waals surface area contributed by atoms with Crippen LogP contribution in [0.15, 0.2) is 46.9 Å². The van der Waals surface area contributed by atoms with Crippen LogP contribution in [0.25, 0.3) is 0 Å². The quantitative estimate of drug-likeness (QED) is 0.869. The first-order valence-electron chi connectivity index (χ1n) is 5.88. The van der Waals surface area contributed by atoms with Crippen LogP contribution < -0.4 is 10.6 Å². The average molecular weight is 305 g/mol. The zero-order valence-corrected chi connectivity index (χ0v) is 12.2. The van der Waals surface area contributed by atoms with E-state index in [0.29, 0.717) is 0 Å². The first-order chi connectivity index (χ1) is 8.58. The third-order valence-electron chi connectivity index (χ3n) is 3.03. The van der Waals surface area contributed by atoms with Crippen LogP contribution in [0, 0.1) is 6.92 Å². The molecule has 0 atom stereocenters. The lowest BCUT2D eigenvalue weighted by Gasteiger charge is -2.21. The van der Waals surface area contributed by atoms with Gasteiger partial charge >= 0.3 is 0 Å². The molecular weight excluding hydrogens is 288 g/mol. The smallest absolute Gasteiger partial charge is 0.0457 e. The molecule has 0 unspecified atom stereocenters. The summed E-state index contributed by atoms with van der Waals surface area (Å²) in [6.07, 6.45) is 0. The SMILES string of the molecule is Cc1ccc(N(C)Cc2c(N)cccc2Br)cc1. The van der Waals surface area contributed by atoms with Crippen LogP contribution in [-0.4, -0.2) is 7.05 Å². The highest BCUT2D eigenvalue weighted by Crippen LogP contribution is 2.25. The Morgan fingerprint density at radius 3 is 2.39 bits per heavy atom. The molecule has 3 heteroatoms. The molecule has 94 valence electrons. The van der Waals surface area contributed by atoms with E-state index >= 15 is 0 Å². The Kier molecular flexibility index (Phi) is 3.92. The summed E-state index contributed by atoms with van der Waals surface area (Å²) in [4.78, 5) is 2.19. The first-order valence-corrected chi connectivity index (χ1v) is 6.68. The maximum Gasteiger partial charge on any atom is 0.0457 e. The van der Waals surface area contributed by atoms with E-state index in [1.165, 1.54) is 11.3 Å². The molecule has 18 heavy (non-hydrogen) atoms. The Labute approximate surface area is 117 Å². The number of nitrogens with two attached hydrogens (primary N) is 1. The fourth-order valence-corrected chi connectivity index (χ4v) is 2.38. The van der Waals surface area contributed by atoms with Gasteiger partial charge in [0.05, 0.1) is 0 Å². The van der Waals surface area contributed by atoms with Crippen molar-refractivity contribution in [3.63, 3.8) is 0 Å². The number of nitrogens with zero attached hydrogens (tertiary/aromatic N) is 1. The largest absolute Gasteiger partial charge is 0.398 e. The van der Waals surface area contributed by atoms with Gasteiger partial charge in [-0.05, 0) is 31.2 Å². The number of aryl methyl sites for hydroxylation is 1. The fraction of sp³-hybridized carbons (Fsp3) is 0.200. The molecule has 2 N–H and O–H groups in total. The van der Waals surface area contributed by atoms with E-state index in [1.807, 2.05) is 18.2 Å². The van der Waals surface area contributed by atoms with Gasteiger partial charge in [0.15, 0.2) is 0 Å². The summed E-state index contributed by atoms with van der Waals surface area (Å²) in [5, 5.41) is 0. The molecule has 2 aromatic carbocycles. The number of anilines is 2. The third-order valence-corrected chi connectivity index (χ3v) is 3.77. The minimum Gasteiger partial charge on any atom is -0.398 e. The van der Waals surface area contributed by atoms with Crippen molar-refractivity contribution >= 4 is 27.3 Å². The lowest BCUT2D eigenvalue weighted by atomic mass is 10.1. The number of rotatable bonds is 3. The van der Waals surface area contributed by atoms with Crippen molar-refractivity contribution in [2.45, 2.75) is 13.5 Å². The molecule has 2 rings (SSSR count). The zero-order valence-electron chi connectivity index (χ0n) is 10.7. The van der Waals surface area contributed by atoms with Crippen molar-refractivity contribution < 1.29 is 0 Å². The monoisotopic (exact) mass is 304 g/mol. The predicted molar refractivity (Wildman–Crippen MR) is 81.8 cm³/mol. The van der Waals surface area contributed by atoms with Crippen molar-refractivity contribution in [1.29, 1.82) is 0 Å². The predicted octanol–water partition coefficient (Wildman–Crippen LogP) is 3.98. The number of benzene rings is 2. The van der Waals surface area contributed by atoms with Crippen LogP contribution in [0.4, 0.5) is 11.4 Å². The number of hydrogen-bond acceptors (Lipinski definition) is 2. The molecule has 0 aliphatic rings. The molecule has 0 aliphatic heterocycles. The summed E-state index contributed by atoms with van der Waals surface area (Å²) < 4.78 is 1.06. The Morgan fingerprint density at radius 1 is 1.11 bits per heavy atom. The minimum absolute atomic E-state index is 0.788. The lowest BCUT2D eigenvalue weighted by molar-refractivity contribution is 0.920. The molecule has 0 fully saturated rings. The van der Waals surface area contributed by atoms with Crippen molar-refractivity contribution in [2.24, 2.45) is 0 Å². The van der Waals surface area contributed by atoms with Crippen molar-refractivity contribution in [3.8, 4) is 0 Å². The van der Waals surface area contributed by atoms with Crippen LogP contribution >= 0.6 is 15.9 Å².